The van der Waals surface area contributed by atoms with Crippen molar-refractivity contribution < 1.29 is 14.3 Å². The van der Waals surface area contributed by atoms with Crippen molar-refractivity contribution >= 4 is 11.9 Å². The maximum atomic E-state index is 12.9. The molecule has 0 atom stereocenters. The van der Waals surface area contributed by atoms with Crippen molar-refractivity contribution in [3.8, 4) is 6.07 Å². The van der Waals surface area contributed by atoms with Gasteiger partial charge in [0.15, 0.2) is 0 Å². The highest BCUT2D eigenvalue weighted by molar-refractivity contribution is 5.94. The molecule has 1 heterocycles. The predicted octanol–water partition coefficient (Wildman–Crippen LogP) is 3.92. The summed E-state index contributed by atoms with van der Waals surface area (Å²) in [6.07, 6.45) is 6.95. The Morgan fingerprint density at radius 1 is 1.22 bits per heavy atom. The van der Waals surface area contributed by atoms with Gasteiger partial charge in [0.25, 0.3) is 5.91 Å². The number of piperidine rings is 1. The van der Waals surface area contributed by atoms with E-state index < -0.39 is 0 Å². The van der Waals surface area contributed by atoms with Crippen molar-refractivity contribution in [2.45, 2.75) is 51.9 Å². The van der Waals surface area contributed by atoms with Gasteiger partial charge in [-0.2, -0.15) is 5.26 Å². The zero-order chi connectivity index (χ0) is 19.3. The van der Waals surface area contributed by atoms with Gasteiger partial charge in [-0.05, 0) is 81.0 Å². The largest absolute Gasteiger partial charge is 0.466 e. The zero-order valence-electron chi connectivity index (χ0n) is 16.1. The molecular weight excluding hydrogens is 340 g/mol. The van der Waals surface area contributed by atoms with Crippen LogP contribution in [0.5, 0.6) is 0 Å². The number of carbonyl (C=O) groups excluding carboxylic acids is 2. The second-order valence-electron chi connectivity index (χ2n) is 7.97. The first-order chi connectivity index (χ1) is 13.0. The van der Waals surface area contributed by atoms with E-state index in [1.165, 1.54) is 0 Å². The minimum absolute atomic E-state index is 0.0622. The molecule has 2 aliphatic rings. The van der Waals surface area contributed by atoms with Gasteiger partial charge >= 0.3 is 5.97 Å². The van der Waals surface area contributed by atoms with Crippen LogP contribution in [0.15, 0.2) is 24.3 Å². The van der Waals surface area contributed by atoms with Gasteiger partial charge in [-0.25, -0.2) is 0 Å². The number of likely N-dealkylation sites (tertiary alicyclic amines) is 1. The van der Waals surface area contributed by atoms with Crippen LogP contribution >= 0.6 is 0 Å². The van der Waals surface area contributed by atoms with Crippen LogP contribution in [0.2, 0.25) is 0 Å². The molecule has 0 aromatic heterocycles. The summed E-state index contributed by atoms with van der Waals surface area (Å²) in [6, 6.07) is 8.99. The first-order valence-electron chi connectivity index (χ1n) is 10.0. The van der Waals surface area contributed by atoms with Crippen LogP contribution in [0, 0.1) is 22.7 Å². The quantitative estimate of drug-likeness (QED) is 0.755. The Kier molecular flexibility index (Phi) is 6.15. The summed E-state index contributed by atoms with van der Waals surface area (Å²) in [5.41, 5.74) is 1.43. The van der Waals surface area contributed by atoms with E-state index in [4.69, 9.17) is 10.00 Å². The van der Waals surface area contributed by atoms with E-state index in [0.717, 1.165) is 51.6 Å². The van der Waals surface area contributed by atoms with Crippen molar-refractivity contribution in [3.63, 3.8) is 0 Å². The Labute approximate surface area is 161 Å². The zero-order valence-corrected chi connectivity index (χ0v) is 16.1. The monoisotopic (exact) mass is 368 g/mol. The highest BCUT2D eigenvalue weighted by atomic mass is 16.5. The molecule has 1 saturated heterocycles. The van der Waals surface area contributed by atoms with Crippen LogP contribution in [0.3, 0.4) is 0 Å². The Morgan fingerprint density at radius 3 is 2.56 bits per heavy atom. The lowest BCUT2D eigenvalue weighted by Crippen LogP contribution is -2.47. The van der Waals surface area contributed by atoms with Gasteiger partial charge in [-0.1, -0.05) is 0 Å². The number of amides is 1. The number of rotatable bonds is 4. The summed E-state index contributed by atoms with van der Waals surface area (Å²) < 4.78 is 5.08. The number of carbonyl (C=O) groups is 2. The third-order valence-electron chi connectivity index (χ3n) is 6.14. The van der Waals surface area contributed by atoms with Crippen molar-refractivity contribution in [3.05, 3.63) is 35.4 Å². The highest BCUT2D eigenvalue weighted by Gasteiger charge is 2.40. The average Bonchev–Trinajstić information content (AvgIpc) is 2.70. The number of ether oxygens (including phenoxy) is 1. The van der Waals surface area contributed by atoms with Crippen LogP contribution < -0.4 is 0 Å². The molecule has 2 fully saturated rings. The summed E-state index contributed by atoms with van der Waals surface area (Å²) in [5, 5.41) is 8.91. The van der Waals surface area contributed by atoms with Crippen molar-refractivity contribution in [2.75, 3.05) is 19.7 Å². The van der Waals surface area contributed by atoms with Gasteiger partial charge in [0.2, 0.25) is 0 Å². The van der Waals surface area contributed by atoms with Gasteiger partial charge in [-0.3, -0.25) is 9.59 Å². The Hall–Kier alpha value is -2.35. The molecule has 1 saturated carbocycles. The standard InChI is InChI=1S/C22H28N2O3/c1-2-27-20(25)14-17-8-11-22(12-9-17)10-3-13-24(16-22)21(26)19-6-4-18(15-23)5-7-19/h4-7,17H,2-3,8-14,16H2,1H3. The van der Waals surface area contributed by atoms with Crippen LogP contribution in [0.4, 0.5) is 0 Å². The fraction of sp³-hybridized carbons (Fsp3) is 0.591. The summed E-state index contributed by atoms with van der Waals surface area (Å²) >= 11 is 0. The van der Waals surface area contributed by atoms with E-state index >= 15 is 0 Å². The third kappa shape index (κ3) is 4.68. The first-order valence-corrected chi connectivity index (χ1v) is 10.0. The molecule has 0 radical (unpaired) electrons. The second kappa shape index (κ2) is 8.56. The molecule has 3 rings (SSSR count). The minimum atomic E-state index is -0.0836. The number of nitrogens with zero attached hydrogens (tertiary/aromatic N) is 2. The summed E-state index contributed by atoms with van der Waals surface area (Å²) in [6.45, 7) is 3.89. The Balaban J connectivity index is 1.58. The lowest BCUT2D eigenvalue weighted by Gasteiger charge is -2.46. The minimum Gasteiger partial charge on any atom is -0.466 e. The predicted molar refractivity (Wildman–Crippen MR) is 102 cm³/mol. The smallest absolute Gasteiger partial charge is 0.306 e. The molecule has 1 aliphatic carbocycles. The second-order valence-corrected chi connectivity index (χ2v) is 7.97. The molecule has 144 valence electrons. The summed E-state index contributed by atoms with van der Waals surface area (Å²) in [7, 11) is 0. The highest BCUT2D eigenvalue weighted by Crippen LogP contribution is 2.46. The molecule has 27 heavy (non-hydrogen) atoms. The van der Waals surface area contributed by atoms with Crippen LogP contribution in [-0.2, 0) is 9.53 Å². The van der Waals surface area contributed by atoms with Crippen molar-refractivity contribution in [2.24, 2.45) is 11.3 Å². The van der Waals surface area contributed by atoms with Gasteiger partial charge in [0, 0.05) is 25.1 Å². The fourth-order valence-corrected chi connectivity index (χ4v) is 4.61. The van der Waals surface area contributed by atoms with Gasteiger partial charge in [-0.15, -0.1) is 0 Å². The molecule has 0 unspecified atom stereocenters. The number of nitriles is 1. The molecule has 5 heteroatoms. The molecule has 1 amide bonds. The third-order valence-corrected chi connectivity index (χ3v) is 6.14. The van der Waals surface area contributed by atoms with E-state index in [1.54, 1.807) is 24.3 Å². The maximum absolute atomic E-state index is 12.9. The average molecular weight is 368 g/mol. The lowest BCUT2D eigenvalue weighted by atomic mass is 9.66. The lowest BCUT2D eigenvalue weighted by molar-refractivity contribution is -0.144. The normalized spacial score (nSPS) is 25.0. The summed E-state index contributed by atoms with van der Waals surface area (Å²) in [5.74, 6) is 0.395. The number of hydrogen-bond acceptors (Lipinski definition) is 4. The van der Waals surface area contributed by atoms with Gasteiger partial charge < -0.3 is 9.64 Å². The maximum Gasteiger partial charge on any atom is 0.306 e. The van der Waals surface area contributed by atoms with E-state index in [-0.39, 0.29) is 17.3 Å². The van der Waals surface area contributed by atoms with Crippen LogP contribution in [0.25, 0.3) is 0 Å². The number of benzene rings is 1. The first kappa shape index (κ1) is 19.4. The van der Waals surface area contributed by atoms with E-state index in [2.05, 4.69) is 6.07 Å². The molecule has 1 aromatic carbocycles. The van der Waals surface area contributed by atoms with Crippen molar-refractivity contribution in [1.29, 1.82) is 5.26 Å². The van der Waals surface area contributed by atoms with E-state index in [0.29, 0.717) is 30.1 Å². The Bertz CT molecular complexity index is 712. The molecule has 0 bridgehead atoms. The van der Waals surface area contributed by atoms with Crippen molar-refractivity contribution in [1.82, 2.24) is 4.90 Å². The van der Waals surface area contributed by atoms with Gasteiger partial charge in [0.1, 0.15) is 0 Å². The van der Waals surface area contributed by atoms with Crippen LogP contribution in [-0.4, -0.2) is 36.5 Å². The fourth-order valence-electron chi connectivity index (χ4n) is 4.61. The number of esters is 1. The van der Waals surface area contributed by atoms with E-state index in [1.807, 2.05) is 11.8 Å². The SMILES string of the molecule is CCOC(=O)CC1CCC2(CCCN(C(=O)c3ccc(C#N)cc3)C2)CC1. The Morgan fingerprint density at radius 2 is 1.93 bits per heavy atom. The molecular formula is C22H28N2O3. The number of hydrogen-bond donors (Lipinski definition) is 0. The molecule has 1 spiro atoms. The molecule has 5 nitrogen and oxygen atoms in total. The van der Waals surface area contributed by atoms with E-state index in [9.17, 15) is 9.59 Å². The van der Waals surface area contributed by atoms with Crippen LogP contribution in [0.1, 0.15) is 67.8 Å². The molecule has 1 aromatic rings. The molecule has 0 N–H and O–H groups in total. The van der Waals surface area contributed by atoms with Gasteiger partial charge in [0.05, 0.1) is 18.2 Å². The molecule has 1 aliphatic heterocycles. The summed E-state index contributed by atoms with van der Waals surface area (Å²) in [4.78, 5) is 26.6. The topological polar surface area (TPSA) is 70.4 Å².